The van der Waals surface area contributed by atoms with Crippen LogP contribution in [0.3, 0.4) is 0 Å². The Labute approximate surface area is 262 Å². The summed E-state index contributed by atoms with van der Waals surface area (Å²) in [6.45, 7) is 8.19. The van der Waals surface area contributed by atoms with Crippen molar-refractivity contribution in [1.82, 2.24) is 0 Å². The quantitative estimate of drug-likeness (QED) is 0.102. The van der Waals surface area contributed by atoms with Crippen molar-refractivity contribution < 1.29 is 19.1 Å². The van der Waals surface area contributed by atoms with Gasteiger partial charge in [-0.05, 0) is 75.2 Å². The van der Waals surface area contributed by atoms with Crippen LogP contribution in [0.2, 0.25) is 0 Å². The molecule has 44 heavy (non-hydrogen) atoms. The Kier molecular flexibility index (Phi) is 11.2. The molecule has 0 aliphatic carbocycles. The zero-order valence-corrected chi connectivity index (χ0v) is 26.3. The molecule has 4 rings (SSSR count). The minimum absolute atomic E-state index is 0.236. The second-order valence-electron chi connectivity index (χ2n) is 11.1. The van der Waals surface area contributed by atoms with Crippen LogP contribution < -0.4 is 9.80 Å². The van der Waals surface area contributed by atoms with E-state index in [1.165, 1.54) is 0 Å². The fourth-order valence-electron chi connectivity index (χ4n) is 5.55. The molecule has 0 radical (unpaired) electrons. The third-order valence-corrected chi connectivity index (χ3v) is 8.16. The molecule has 0 fully saturated rings. The van der Waals surface area contributed by atoms with Gasteiger partial charge < -0.3 is 19.3 Å². The second kappa shape index (κ2) is 15.2. The Morgan fingerprint density at radius 2 is 0.750 bits per heavy atom. The van der Waals surface area contributed by atoms with E-state index in [9.17, 15) is 9.59 Å². The van der Waals surface area contributed by atoms with E-state index in [0.717, 1.165) is 35.6 Å². The van der Waals surface area contributed by atoms with Crippen molar-refractivity contribution in [3.05, 3.63) is 121 Å². The Morgan fingerprint density at radius 3 is 0.977 bits per heavy atom. The lowest BCUT2D eigenvalue weighted by Gasteiger charge is -2.54. The van der Waals surface area contributed by atoms with Gasteiger partial charge >= 0.3 is 11.9 Å². The molecule has 0 heterocycles. The van der Waals surface area contributed by atoms with E-state index in [-0.39, 0.29) is 13.2 Å². The number of unbranched alkanes of at least 4 members (excludes halogenated alkanes) is 2. The fraction of sp³-hybridized carbons (Fsp3) is 0.316. The van der Waals surface area contributed by atoms with Crippen LogP contribution in [0.25, 0.3) is 0 Å². The number of rotatable bonds is 15. The maximum absolute atomic E-state index is 14.9. The van der Waals surface area contributed by atoms with Crippen LogP contribution in [0.5, 0.6) is 0 Å². The average molecular weight is 593 g/mol. The minimum Gasteiger partial charge on any atom is -0.464 e. The van der Waals surface area contributed by atoms with Gasteiger partial charge in [-0.15, -0.1) is 0 Å². The zero-order chi connectivity index (χ0) is 31.4. The monoisotopic (exact) mass is 592 g/mol. The van der Waals surface area contributed by atoms with Crippen LogP contribution in [0.4, 0.5) is 22.7 Å². The topological polar surface area (TPSA) is 59.1 Å². The number of hydrogen-bond acceptors (Lipinski definition) is 6. The number of para-hydroxylation sites is 4. The van der Waals surface area contributed by atoms with Crippen LogP contribution in [-0.2, 0) is 19.1 Å². The Balaban J connectivity index is 2.10. The largest absolute Gasteiger partial charge is 0.464 e. The van der Waals surface area contributed by atoms with Crippen molar-refractivity contribution in [2.24, 2.45) is 0 Å². The molecule has 4 aromatic carbocycles. The summed E-state index contributed by atoms with van der Waals surface area (Å²) in [5, 5.41) is 0. The molecule has 0 N–H and O–H groups in total. The van der Waals surface area contributed by atoms with Gasteiger partial charge in [-0.1, -0.05) is 99.5 Å². The van der Waals surface area contributed by atoms with Crippen LogP contribution >= 0.6 is 0 Å². The van der Waals surface area contributed by atoms with Crippen molar-refractivity contribution in [2.45, 2.75) is 64.5 Å². The standard InChI is InChI=1S/C38H44N2O4/c1-5-7-29-43-35(41)37(3,39(31-21-13-9-14-22-31)32-23-15-10-16-24-32)38(4,36(42)44-30-8-6-2)40(33-25-17-11-18-26-33)34-27-19-12-20-28-34/h9-28H,5-8,29-30H2,1-4H3. The summed E-state index contributed by atoms with van der Waals surface area (Å²) >= 11 is 0. The summed E-state index contributed by atoms with van der Waals surface area (Å²) in [6.07, 6.45) is 3.14. The first kappa shape index (κ1) is 32.3. The normalized spacial score (nSPS) is 13.6. The van der Waals surface area contributed by atoms with Crippen LogP contribution in [0.15, 0.2) is 121 Å². The van der Waals surface area contributed by atoms with E-state index in [4.69, 9.17) is 9.47 Å². The molecule has 0 aromatic heterocycles. The smallest absolute Gasteiger partial charge is 0.335 e. The highest BCUT2D eigenvalue weighted by atomic mass is 16.5. The van der Waals surface area contributed by atoms with Gasteiger partial charge in [0, 0.05) is 22.7 Å². The van der Waals surface area contributed by atoms with Gasteiger partial charge in [-0.25, -0.2) is 9.59 Å². The third kappa shape index (κ3) is 6.65. The maximum atomic E-state index is 14.9. The molecule has 0 amide bonds. The molecule has 0 spiro atoms. The number of carbonyl (C=O) groups is 2. The molecule has 6 heteroatoms. The van der Waals surface area contributed by atoms with E-state index in [1.807, 2.05) is 131 Å². The molecule has 0 saturated carbocycles. The van der Waals surface area contributed by atoms with Gasteiger partial charge in [-0.2, -0.15) is 0 Å². The summed E-state index contributed by atoms with van der Waals surface area (Å²) in [5.74, 6) is -1.05. The Hall–Kier alpha value is -4.58. The van der Waals surface area contributed by atoms with Gasteiger partial charge in [0.05, 0.1) is 13.2 Å². The average Bonchev–Trinajstić information content (AvgIpc) is 3.07. The number of anilines is 4. The summed E-state index contributed by atoms with van der Waals surface area (Å²) in [5.41, 5.74) is -0.328. The first-order chi connectivity index (χ1) is 21.4. The molecule has 0 bridgehead atoms. The predicted octanol–water partition coefficient (Wildman–Crippen LogP) is 8.87. The molecule has 0 aliphatic heterocycles. The third-order valence-electron chi connectivity index (χ3n) is 8.16. The van der Waals surface area contributed by atoms with Crippen LogP contribution in [-0.4, -0.2) is 36.2 Å². The first-order valence-corrected chi connectivity index (χ1v) is 15.5. The molecular formula is C38H44N2O4. The van der Waals surface area contributed by atoms with E-state index in [0.29, 0.717) is 12.8 Å². The van der Waals surface area contributed by atoms with Gasteiger partial charge in [0.1, 0.15) is 0 Å². The fourth-order valence-corrected chi connectivity index (χ4v) is 5.55. The molecule has 0 aliphatic rings. The lowest BCUT2D eigenvalue weighted by Crippen LogP contribution is -2.74. The van der Waals surface area contributed by atoms with Gasteiger partial charge in [-0.3, -0.25) is 0 Å². The summed E-state index contributed by atoms with van der Waals surface area (Å²) in [7, 11) is 0. The minimum atomic E-state index is -1.64. The Bertz CT molecular complexity index is 1260. The lowest BCUT2D eigenvalue weighted by molar-refractivity contribution is -0.163. The Morgan fingerprint density at radius 1 is 0.500 bits per heavy atom. The predicted molar refractivity (Wildman–Crippen MR) is 179 cm³/mol. The summed E-state index contributed by atoms with van der Waals surface area (Å²) in [6, 6.07) is 38.7. The SMILES string of the molecule is CCCCOC(=O)C(C)(N(c1ccccc1)c1ccccc1)C(C)(C(=O)OCCCC)N(c1ccccc1)c1ccccc1. The molecule has 2 unspecified atom stereocenters. The number of ether oxygens (including phenoxy) is 2. The summed E-state index contributed by atoms with van der Waals surface area (Å²) < 4.78 is 12.2. The molecule has 0 saturated heterocycles. The van der Waals surface area contributed by atoms with E-state index in [2.05, 4.69) is 13.8 Å². The van der Waals surface area contributed by atoms with E-state index in [1.54, 1.807) is 13.8 Å². The molecular weight excluding hydrogens is 548 g/mol. The van der Waals surface area contributed by atoms with Crippen molar-refractivity contribution in [3.63, 3.8) is 0 Å². The van der Waals surface area contributed by atoms with Gasteiger partial charge in [0.15, 0.2) is 11.1 Å². The van der Waals surface area contributed by atoms with Crippen LogP contribution in [0, 0.1) is 0 Å². The van der Waals surface area contributed by atoms with Crippen molar-refractivity contribution >= 4 is 34.7 Å². The summed E-state index contributed by atoms with van der Waals surface area (Å²) in [4.78, 5) is 33.6. The van der Waals surface area contributed by atoms with Gasteiger partial charge in [0.2, 0.25) is 0 Å². The van der Waals surface area contributed by atoms with Crippen molar-refractivity contribution in [1.29, 1.82) is 0 Å². The maximum Gasteiger partial charge on any atom is 0.335 e. The van der Waals surface area contributed by atoms with Crippen molar-refractivity contribution in [2.75, 3.05) is 23.0 Å². The number of nitrogens with zero attached hydrogens (tertiary/aromatic N) is 2. The van der Waals surface area contributed by atoms with Crippen molar-refractivity contribution in [3.8, 4) is 0 Å². The highest BCUT2D eigenvalue weighted by Crippen LogP contribution is 2.47. The zero-order valence-electron chi connectivity index (χ0n) is 26.3. The highest BCUT2D eigenvalue weighted by Gasteiger charge is 2.65. The number of benzene rings is 4. The molecule has 230 valence electrons. The molecule has 4 aromatic rings. The molecule has 6 nitrogen and oxygen atoms in total. The number of hydrogen-bond donors (Lipinski definition) is 0. The first-order valence-electron chi connectivity index (χ1n) is 15.5. The number of esters is 2. The van der Waals surface area contributed by atoms with E-state index >= 15 is 0 Å². The second-order valence-corrected chi connectivity index (χ2v) is 11.1. The van der Waals surface area contributed by atoms with E-state index < -0.39 is 23.0 Å². The number of carbonyl (C=O) groups excluding carboxylic acids is 2. The van der Waals surface area contributed by atoms with Gasteiger partial charge in [0.25, 0.3) is 0 Å². The molecule has 2 atom stereocenters. The lowest BCUT2D eigenvalue weighted by atomic mass is 9.74. The van der Waals surface area contributed by atoms with Crippen LogP contribution in [0.1, 0.15) is 53.4 Å². The highest BCUT2D eigenvalue weighted by molar-refractivity contribution is 6.02.